The SMILES string of the molecule is CCNc1ncc(Br)cc1C(=O)NC(C)CCCC(C)C. The molecule has 21 heavy (non-hydrogen) atoms. The van der Waals surface area contributed by atoms with Gasteiger partial charge in [-0.15, -0.1) is 0 Å². The van der Waals surface area contributed by atoms with Crippen LogP contribution in [0.3, 0.4) is 0 Å². The molecule has 1 amide bonds. The molecule has 118 valence electrons. The van der Waals surface area contributed by atoms with Gasteiger partial charge in [0.15, 0.2) is 0 Å². The fourth-order valence-corrected chi connectivity index (χ4v) is 2.46. The van der Waals surface area contributed by atoms with E-state index >= 15 is 0 Å². The minimum absolute atomic E-state index is 0.0724. The van der Waals surface area contributed by atoms with E-state index < -0.39 is 0 Å². The van der Waals surface area contributed by atoms with E-state index in [4.69, 9.17) is 0 Å². The van der Waals surface area contributed by atoms with Gasteiger partial charge in [-0.1, -0.05) is 26.7 Å². The molecule has 0 spiro atoms. The molecule has 0 aliphatic rings. The Morgan fingerprint density at radius 3 is 2.67 bits per heavy atom. The number of halogens is 1. The monoisotopic (exact) mass is 355 g/mol. The van der Waals surface area contributed by atoms with E-state index in [9.17, 15) is 4.79 Å². The third-order valence-corrected chi connectivity index (χ3v) is 3.67. The highest BCUT2D eigenvalue weighted by Crippen LogP contribution is 2.18. The van der Waals surface area contributed by atoms with Gasteiger partial charge in [0.05, 0.1) is 5.56 Å². The van der Waals surface area contributed by atoms with Gasteiger partial charge < -0.3 is 10.6 Å². The Morgan fingerprint density at radius 2 is 2.05 bits per heavy atom. The van der Waals surface area contributed by atoms with Crippen LogP contribution in [-0.2, 0) is 0 Å². The van der Waals surface area contributed by atoms with Gasteiger partial charge in [-0.25, -0.2) is 4.98 Å². The van der Waals surface area contributed by atoms with E-state index in [1.807, 2.05) is 6.92 Å². The fraction of sp³-hybridized carbons (Fsp3) is 0.625. The highest BCUT2D eigenvalue weighted by atomic mass is 79.9. The smallest absolute Gasteiger partial charge is 0.255 e. The van der Waals surface area contributed by atoms with Gasteiger partial charge in [0.2, 0.25) is 0 Å². The molecule has 1 atom stereocenters. The summed E-state index contributed by atoms with van der Waals surface area (Å²) in [6, 6.07) is 1.98. The summed E-state index contributed by atoms with van der Waals surface area (Å²) in [5, 5.41) is 6.18. The highest BCUT2D eigenvalue weighted by Gasteiger charge is 2.15. The highest BCUT2D eigenvalue weighted by molar-refractivity contribution is 9.10. The topological polar surface area (TPSA) is 54.0 Å². The number of pyridine rings is 1. The molecule has 0 fully saturated rings. The van der Waals surface area contributed by atoms with Crippen LogP contribution in [0.1, 0.15) is 57.3 Å². The maximum absolute atomic E-state index is 12.4. The van der Waals surface area contributed by atoms with Crippen molar-refractivity contribution in [3.05, 3.63) is 22.3 Å². The summed E-state index contributed by atoms with van der Waals surface area (Å²) >= 11 is 3.37. The number of amides is 1. The minimum Gasteiger partial charge on any atom is -0.370 e. The van der Waals surface area contributed by atoms with E-state index in [1.165, 1.54) is 6.42 Å². The molecule has 0 saturated heterocycles. The van der Waals surface area contributed by atoms with Gasteiger partial charge in [-0.2, -0.15) is 0 Å². The van der Waals surface area contributed by atoms with Gasteiger partial charge in [-0.05, 0) is 48.2 Å². The summed E-state index contributed by atoms with van der Waals surface area (Å²) in [7, 11) is 0. The Bertz CT molecular complexity index is 463. The van der Waals surface area contributed by atoms with Crippen molar-refractivity contribution in [2.75, 3.05) is 11.9 Å². The lowest BCUT2D eigenvalue weighted by atomic mass is 10.0. The van der Waals surface area contributed by atoms with E-state index in [2.05, 4.69) is 52.3 Å². The number of aromatic nitrogens is 1. The van der Waals surface area contributed by atoms with Crippen LogP contribution >= 0.6 is 15.9 Å². The third kappa shape index (κ3) is 6.46. The van der Waals surface area contributed by atoms with Crippen molar-refractivity contribution < 1.29 is 4.79 Å². The largest absolute Gasteiger partial charge is 0.370 e. The predicted octanol–water partition coefficient (Wildman–Crippen LogP) is 4.22. The number of hydrogen-bond donors (Lipinski definition) is 2. The number of carbonyl (C=O) groups is 1. The first-order valence-electron chi connectivity index (χ1n) is 7.64. The summed E-state index contributed by atoms with van der Waals surface area (Å²) in [4.78, 5) is 16.7. The van der Waals surface area contributed by atoms with Gasteiger partial charge in [0.25, 0.3) is 5.91 Å². The molecule has 1 unspecified atom stereocenters. The Morgan fingerprint density at radius 1 is 1.33 bits per heavy atom. The van der Waals surface area contributed by atoms with Crippen molar-refractivity contribution in [1.82, 2.24) is 10.3 Å². The molecule has 2 N–H and O–H groups in total. The molecule has 0 aliphatic carbocycles. The molecule has 0 aromatic carbocycles. The normalized spacial score (nSPS) is 12.3. The Kier molecular flexibility index (Phi) is 7.72. The maximum Gasteiger partial charge on any atom is 0.255 e. The van der Waals surface area contributed by atoms with E-state index in [0.29, 0.717) is 17.3 Å². The van der Waals surface area contributed by atoms with Crippen LogP contribution in [0.4, 0.5) is 5.82 Å². The van der Waals surface area contributed by atoms with Gasteiger partial charge in [0.1, 0.15) is 5.82 Å². The Hall–Kier alpha value is -1.10. The van der Waals surface area contributed by atoms with Crippen LogP contribution in [-0.4, -0.2) is 23.5 Å². The second-order valence-electron chi connectivity index (χ2n) is 5.78. The average Bonchev–Trinajstić information content (AvgIpc) is 2.40. The fourth-order valence-electron chi connectivity index (χ4n) is 2.13. The van der Waals surface area contributed by atoms with Crippen molar-refractivity contribution in [1.29, 1.82) is 0 Å². The van der Waals surface area contributed by atoms with Crippen LogP contribution in [0.25, 0.3) is 0 Å². The number of rotatable bonds is 8. The molecule has 0 saturated carbocycles. The second-order valence-corrected chi connectivity index (χ2v) is 6.69. The molecular weight excluding hydrogens is 330 g/mol. The van der Waals surface area contributed by atoms with Crippen molar-refractivity contribution >= 4 is 27.7 Å². The molecule has 0 radical (unpaired) electrons. The van der Waals surface area contributed by atoms with E-state index in [1.54, 1.807) is 12.3 Å². The lowest BCUT2D eigenvalue weighted by Gasteiger charge is -2.16. The molecule has 0 bridgehead atoms. The number of anilines is 1. The molecule has 5 heteroatoms. The quantitative estimate of drug-likeness (QED) is 0.733. The first-order valence-corrected chi connectivity index (χ1v) is 8.43. The van der Waals surface area contributed by atoms with Crippen LogP contribution in [0.5, 0.6) is 0 Å². The Balaban J connectivity index is 2.64. The van der Waals surface area contributed by atoms with Crippen molar-refractivity contribution in [2.45, 2.75) is 53.0 Å². The average molecular weight is 356 g/mol. The second kappa shape index (κ2) is 9.03. The number of carbonyl (C=O) groups excluding carboxylic acids is 1. The lowest BCUT2D eigenvalue weighted by Crippen LogP contribution is -2.33. The third-order valence-electron chi connectivity index (χ3n) is 3.24. The number of nitrogens with one attached hydrogen (secondary N) is 2. The summed E-state index contributed by atoms with van der Waals surface area (Å²) in [5.74, 6) is 1.27. The van der Waals surface area contributed by atoms with Crippen LogP contribution in [0.2, 0.25) is 0 Å². The molecule has 0 aliphatic heterocycles. The van der Waals surface area contributed by atoms with E-state index in [0.717, 1.165) is 23.9 Å². The summed E-state index contributed by atoms with van der Waals surface area (Å²) < 4.78 is 0.807. The number of hydrogen-bond acceptors (Lipinski definition) is 3. The molecule has 1 aromatic heterocycles. The van der Waals surface area contributed by atoms with Crippen LogP contribution in [0, 0.1) is 5.92 Å². The van der Waals surface area contributed by atoms with Crippen LogP contribution in [0.15, 0.2) is 16.7 Å². The van der Waals surface area contributed by atoms with Crippen molar-refractivity contribution in [2.24, 2.45) is 5.92 Å². The van der Waals surface area contributed by atoms with Crippen molar-refractivity contribution in [3.8, 4) is 0 Å². The molecule has 1 aromatic rings. The number of nitrogens with zero attached hydrogens (tertiary/aromatic N) is 1. The predicted molar refractivity (Wildman–Crippen MR) is 91.7 cm³/mol. The first kappa shape index (κ1) is 18.0. The molecule has 4 nitrogen and oxygen atoms in total. The van der Waals surface area contributed by atoms with Crippen molar-refractivity contribution in [3.63, 3.8) is 0 Å². The maximum atomic E-state index is 12.4. The van der Waals surface area contributed by atoms with Gasteiger partial charge >= 0.3 is 0 Å². The van der Waals surface area contributed by atoms with Gasteiger partial charge in [0, 0.05) is 23.3 Å². The molecule has 1 heterocycles. The summed E-state index contributed by atoms with van der Waals surface area (Å²) in [5.41, 5.74) is 0.585. The first-order chi connectivity index (χ1) is 9.93. The molecule has 1 rings (SSSR count). The Labute approximate surface area is 136 Å². The molecular formula is C16H26BrN3O. The zero-order valence-corrected chi connectivity index (χ0v) is 15.0. The summed E-state index contributed by atoms with van der Waals surface area (Å²) in [6.45, 7) is 9.22. The van der Waals surface area contributed by atoms with Gasteiger partial charge in [-0.3, -0.25) is 4.79 Å². The zero-order chi connectivity index (χ0) is 15.8. The van der Waals surface area contributed by atoms with Crippen LogP contribution < -0.4 is 10.6 Å². The summed E-state index contributed by atoms with van der Waals surface area (Å²) in [6.07, 6.45) is 5.03. The lowest BCUT2D eigenvalue weighted by molar-refractivity contribution is 0.0938. The standard InChI is InChI=1S/C16H26BrN3O/c1-5-18-15-14(9-13(17)10-19-15)16(21)20-12(4)8-6-7-11(2)3/h9-12H,5-8H2,1-4H3,(H,18,19)(H,20,21). The van der Waals surface area contributed by atoms with E-state index in [-0.39, 0.29) is 11.9 Å². The minimum atomic E-state index is -0.0724. The zero-order valence-electron chi connectivity index (χ0n) is 13.4.